The highest BCUT2D eigenvalue weighted by atomic mass is 32.1. The van der Waals surface area contributed by atoms with Crippen molar-refractivity contribution in [1.82, 2.24) is 14.5 Å². The second kappa shape index (κ2) is 10.0. The maximum atomic E-state index is 12.8. The predicted octanol–water partition coefficient (Wildman–Crippen LogP) is 3.08. The number of aliphatic hydroxyl groups is 1. The summed E-state index contributed by atoms with van der Waals surface area (Å²) in [6, 6.07) is 2.10. The minimum absolute atomic E-state index is 0.00410. The Hall–Kier alpha value is -2.72. The fourth-order valence-corrected chi connectivity index (χ4v) is 5.28. The molecule has 9 nitrogen and oxygen atoms in total. The van der Waals surface area contributed by atoms with Gasteiger partial charge in [-0.1, -0.05) is 0 Å². The zero-order valence-electron chi connectivity index (χ0n) is 19.4. The second-order valence-electron chi connectivity index (χ2n) is 9.25. The van der Waals surface area contributed by atoms with Crippen LogP contribution in [0.25, 0.3) is 0 Å². The molecule has 0 aliphatic carbocycles. The number of aliphatic hydroxyl groups excluding tert-OH is 1. The average Bonchev–Trinajstić information content (AvgIpc) is 3.09. The molecule has 0 aromatic carbocycles. The first-order valence-electron chi connectivity index (χ1n) is 11.0. The molecule has 1 saturated heterocycles. The van der Waals surface area contributed by atoms with Crippen molar-refractivity contribution in [2.24, 2.45) is 5.92 Å². The molecule has 3 rings (SSSR count). The van der Waals surface area contributed by atoms with Crippen LogP contribution in [0.15, 0.2) is 23.1 Å². The van der Waals surface area contributed by atoms with Gasteiger partial charge in [0.1, 0.15) is 10.6 Å². The van der Waals surface area contributed by atoms with E-state index in [0.29, 0.717) is 37.4 Å². The number of nitrogens with zero attached hydrogens (tertiary/aromatic N) is 3. The summed E-state index contributed by atoms with van der Waals surface area (Å²) in [5.74, 6) is -1.14. The molecular formula is C23H31N3O6S. The molecule has 1 aliphatic heterocycles. The summed E-state index contributed by atoms with van der Waals surface area (Å²) in [5, 5.41) is 19.5. The lowest BCUT2D eigenvalue weighted by molar-refractivity contribution is 0.0168. The van der Waals surface area contributed by atoms with Crippen LogP contribution >= 0.6 is 11.3 Å². The summed E-state index contributed by atoms with van der Waals surface area (Å²) >= 11 is 1.44. The van der Waals surface area contributed by atoms with E-state index in [4.69, 9.17) is 9.72 Å². The minimum Gasteiger partial charge on any atom is -0.478 e. The van der Waals surface area contributed by atoms with Crippen molar-refractivity contribution < 1.29 is 24.5 Å². The van der Waals surface area contributed by atoms with Crippen molar-refractivity contribution in [2.45, 2.75) is 58.6 Å². The smallest absolute Gasteiger partial charge is 0.410 e. The largest absolute Gasteiger partial charge is 0.478 e. The van der Waals surface area contributed by atoms with Gasteiger partial charge in [-0.2, -0.15) is 0 Å². The van der Waals surface area contributed by atoms with Crippen LogP contribution in [-0.4, -0.2) is 62.0 Å². The molecule has 0 bridgehead atoms. The highest BCUT2D eigenvalue weighted by Crippen LogP contribution is 2.37. The van der Waals surface area contributed by atoms with E-state index in [1.54, 1.807) is 4.90 Å². The van der Waals surface area contributed by atoms with Gasteiger partial charge in [0, 0.05) is 43.3 Å². The lowest BCUT2D eigenvalue weighted by Crippen LogP contribution is -2.44. The first-order valence-corrected chi connectivity index (χ1v) is 11.8. The van der Waals surface area contributed by atoms with Crippen molar-refractivity contribution in [3.63, 3.8) is 0 Å². The Morgan fingerprint density at radius 2 is 1.94 bits per heavy atom. The molecule has 2 aromatic rings. The lowest BCUT2D eigenvalue weighted by Gasteiger charge is -2.36. The Kier molecular flexibility index (Phi) is 7.58. The normalized spacial score (nSPS) is 16.0. The number of carbonyl (C=O) groups excluding carboxylic acids is 1. The van der Waals surface area contributed by atoms with Crippen LogP contribution < -0.4 is 5.56 Å². The van der Waals surface area contributed by atoms with Gasteiger partial charge >= 0.3 is 12.1 Å². The maximum absolute atomic E-state index is 12.8. The number of aromatic carboxylic acids is 1. The number of thiazole rings is 1. The molecule has 2 aromatic heterocycles. The van der Waals surface area contributed by atoms with Crippen molar-refractivity contribution in [2.75, 3.05) is 19.7 Å². The Bertz CT molecular complexity index is 1060. The quantitative estimate of drug-likeness (QED) is 0.656. The monoisotopic (exact) mass is 477 g/mol. The van der Waals surface area contributed by atoms with Gasteiger partial charge in [0.05, 0.1) is 17.3 Å². The fraction of sp³-hybridized carbons (Fsp3) is 0.565. The summed E-state index contributed by atoms with van der Waals surface area (Å²) in [7, 11) is 0. The summed E-state index contributed by atoms with van der Waals surface area (Å²) in [5.41, 5.74) is -0.0729. The highest BCUT2D eigenvalue weighted by molar-refractivity contribution is 7.11. The van der Waals surface area contributed by atoms with Gasteiger partial charge in [-0.3, -0.25) is 4.79 Å². The van der Waals surface area contributed by atoms with Crippen LogP contribution in [-0.2, 0) is 11.2 Å². The number of carboxylic acid groups (broad SMARTS) is 1. The van der Waals surface area contributed by atoms with Gasteiger partial charge in [-0.25, -0.2) is 14.6 Å². The number of rotatable bonds is 6. The summed E-state index contributed by atoms with van der Waals surface area (Å²) in [4.78, 5) is 44.2. The van der Waals surface area contributed by atoms with Crippen LogP contribution in [0.4, 0.5) is 4.79 Å². The third-order valence-corrected chi connectivity index (χ3v) is 6.91. The zero-order chi connectivity index (χ0) is 24.3. The fourth-order valence-electron chi connectivity index (χ4n) is 4.03. The first-order chi connectivity index (χ1) is 15.5. The standard InChI is InChI=1S/C23H31N3O6S/c1-14-17(9-12-27)33-20(24-14)19(26-13-16(21(29)30)5-6-18(26)28)15-7-10-25(11-8-15)22(31)32-23(2,3)4/h5-6,13,15,19,27H,7-12H2,1-4H3,(H,29,30). The molecule has 2 N–H and O–H groups in total. The highest BCUT2D eigenvalue weighted by Gasteiger charge is 2.34. The van der Waals surface area contributed by atoms with Crippen molar-refractivity contribution in [3.05, 3.63) is 49.8 Å². The van der Waals surface area contributed by atoms with Crippen molar-refractivity contribution in [3.8, 4) is 0 Å². The molecule has 1 unspecified atom stereocenters. The van der Waals surface area contributed by atoms with Gasteiger partial charge in [0.2, 0.25) is 0 Å². The number of hydrogen-bond acceptors (Lipinski definition) is 7. The van der Waals surface area contributed by atoms with Gasteiger partial charge < -0.3 is 24.4 Å². The van der Waals surface area contributed by atoms with Crippen molar-refractivity contribution in [1.29, 1.82) is 0 Å². The molecule has 33 heavy (non-hydrogen) atoms. The third kappa shape index (κ3) is 6.00. The first kappa shape index (κ1) is 24.9. The molecule has 1 fully saturated rings. The Morgan fingerprint density at radius 3 is 2.52 bits per heavy atom. The number of likely N-dealkylation sites (tertiary alicyclic amines) is 1. The number of aryl methyl sites for hydroxylation is 1. The lowest BCUT2D eigenvalue weighted by atomic mass is 9.89. The van der Waals surface area contributed by atoms with Crippen LogP contribution in [0.2, 0.25) is 0 Å². The number of ether oxygens (including phenoxy) is 1. The molecule has 10 heteroatoms. The molecule has 1 amide bonds. The number of carboxylic acids is 1. The second-order valence-corrected chi connectivity index (χ2v) is 10.4. The molecule has 1 atom stereocenters. The summed E-state index contributed by atoms with van der Waals surface area (Å²) < 4.78 is 6.94. The average molecular weight is 478 g/mol. The topological polar surface area (TPSA) is 122 Å². The molecule has 180 valence electrons. The Morgan fingerprint density at radius 1 is 1.27 bits per heavy atom. The van der Waals surface area contributed by atoms with Crippen LogP contribution in [0, 0.1) is 12.8 Å². The molecule has 1 aliphatic rings. The minimum atomic E-state index is -1.11. The maximum Gasteiger partial charge on any atom is 0.410 e. The predicted molar refractivity (Wildman–Crippen MR) is 124 cm³/mol. The van der Waals surface area contributed by atoms with Gasteiger partial charge in [0.25, 0.3) is 5.56 Å². The van der Waals surface area contributed by atoms with Gasteiger partial charge in [-0.05, 0) is 52.5 Å². The van der Waals surface area contributed by atoms with Crippen LogP contribution in [0.5, 0.6) is 0 Å². The van der Waals surface area contributed by atoms with Crippen molar-refractivity contribution >= 4 is 23.4 Å². The Balaban J connectivity index is 1.94. The van der Waals surface area contributed by atoms with E-state index in [0.717, 1.165) is 10.6 Å². The van der Waals surface area contributed by atoms with E-state index in [1.165, 1.54) is 34.2 Å². The van der Waals surface area contributed by atoms with E-state index in [1.807, 2.05) is 27.7 Å². The number of piperidine rings is 1. The Labute approximate surface area is 196 Å². The number of pyridine rings is 1. The van der Waals surface area contributed by atoms with E-state index in [-0.39, 0.29) is 29.7 Å². The number of carbonyl (C=O) groups is 2. The summed E-state index contributed by atoms with van der Waals surface area (Å²) in [6.45, 7) is 8.27. The van der Waals surface area contributed by atoms with Gasteiger partial charge in [-0.15, -0.1) is 11.3 Å². The zero-order valence-corrected chi connectivity index (χ0v) is 20.2. The summed E-state index contributed by atoms with van der Waals surface area (Å²) in [6.07, 6.45) is 2.70. The van der Waals surface area contributed by atoms with Crippen LogP contribution in [0.3, 0.4) is 0 Å². The number of aromatic nitrogens is 2. The van der Waals surface area contributed by atoms with E-state index < -0.39 is 17.6 Å². The van der Waals surface area contributed by atoms with E-state index in [9.17, 15) is 24.6 Å². The molecule has 3 heterocycles. The number of hydrogen-bond donors (Lipinski definition) is 2. The number of amides is 1. The molecule has 0 spiro atoms. The van der Waals surface area contributed by atoms with E-state index >= 15 is 0 Å². The molecular weight excluding hydrogens is 446 g/mol. The van der Waals surface area contributed by atoms with Gasteiger partial charge in [0.15, 0.2) is 0 Å². The van der Waals surface area contributed by atoms with Crippen LogP contribution in [0.1, 0.15) is 65.6 Å². The SMILES string of the molecule is Cc1nc(C(C2CCN(C(=O)OC(C)(C)C)CC2)n2cc(C(=O)O)ccc2=O)sc1CCO. The molecule has 0 radical (unpaired) electrons. The third-order valence-electron chi connectivity index (χ3n) is 5.62. The molecule has 0 saturated carbocycles. The van der Waals surface area contributed by atoms with E-state index in [2.05, 4.69) is 0 Å².